The number of aryl methyl sites for hydroxylation is 1. The smallest absolute Gasteiger partial charge is 0.330 e. The summed E-state index contributed by atoms with van der Waals surface area (Å²) < 4.78 is 24.2. The molecule has 0 aliphatic carbocycles. The van der Waals surface area contributed by atoms with E-state index in [1.807, 2.05) is 0 Å². The molecule has 0 spiro atoms. The predicted molar refractivity (Wildman–Crippen MR) is 67.4 cm³/mol. The van der Waals surface area contributed by atoms with E-state index >= 15 is 0 Å². The molecule has 0 amide bonds. The Kier molecular flexibility index (Phi) is 4.69. The molecule has 1 aliphatic rings. The molecule has 2 N–H and O–H groups in total. The third-order valence-corrected chi connectivity index (χ3v) is 3.23. The summed E-state index contributed by atoms with van der Waals surface area (Å²) in [4.78, 5) is 25.3. The molecular formula is C12H17FN2O5. The number of rotatable bonds is 5. The number of aromatic amines is 1. The first-order valence-electron chi connectivity index (χ1n) is 6.32. The highest BCUT2D eigenvalue weighted by Crippen LogP contribution is 2.29. The van der Waals surface area contributed by atoms with Gasteiger partial charge in [-0.15, -0.1) is 0 Å². The van der Waals surface area contributed by atoms with E-state index in [-0.39, 0.29) is 13.2 Å². The van der Waals surface area contributed by atoms with Crippen LogP contribution < -0.4 is 11.2 Å². The summed E-state index contributed by atoms with van der Waals surface area (Å²) in [5.74, 6) is 0. The Hall–Kier alpha value is -1.51. The van der Waals surface area contributed by atoms with E-state index in [1.165, 1.54) is 10.8 Å². The second kappa shape index (κ2) is 6.29. The number of H-pyrrole nitrogens is 1. The number of alkyl halides is 1. The summed E-state index contributed by atoms with van der Waals surface area (Å²) in [7, 11) is 0. The number of nitrogens with one attached hydrogen (secondary N) is 1. The fraction of sp³-hybridized carbons (Fsp3) is 0.667. The van der Waals surface area contributed by atoms with Crippen molar-refractivity contribution in [1.29, 1.82) is 0 Å². The maximum atomic E-state index is 12.1. The van der Waals surface area contributed by atoms with E-state index in [1.54, 1.807) is 6.92 Å². The molecule has 20 heavy (non-hydrogen) atoms. The third kappa shape index (κ3) is 2.97. The molecule has 2 rings (SSSR count). The monoisotopic (exact) mass is 287 g/mol. The Bertz CT molecular complexity index is 570. The van der Waals surface area contributed by atoms with Gasteiger partial charge in [0.25, 0.3) is 5.56 Å². The van der Waals surface area contributed by atoms with Gasteiger partial charge in [-0.2, -0.15) is 0 Å². The quantitative estimate of drug-likeness (QED) is 0.760. The van der Waals surface area contributed by atoms with E-state index in [9.17, 15) is 19.1 Å². The number of aliphatic hydroxyl groups is 1. The molecule has 0 saturated carbocycles. The van der Waals surface area contributed by atoms with Gasteiger partial charge in [-0.3, -0.25) is 14.3 Å². The van der Waals surface area contributed by atoms with Gasteiger partial charge in [0.05, 0.1) is 19.3 Å². The van der Waals surface area contributed by atoms with Gasteiger partial charge in [0.2, 0.25) is 0 Å². The van der Waals surface area contributed by atoms with Gasteiger partial charge in [0.15, 0.2) is 0 Å². The lowest BCUT2D eigenvalue weighted by Crippen LogP contribution is -2.33. The first-order valence-corrected chi connectivity index (χ1v) is 6.32. The highest BCUT2D eigenvalue weighted by molar-refractivity contribution is 5.02. The fourth-order valence-electron chi connectivity index (χ4n) is 2.21. The molecule has 3 atom stereocenters. The average Bonchev–Trinajstić information content (AvgIpc) is 2.83. The molecule has 1 saturated heterocycles. The SMILES string of the molecule is Cc1cn([C@H]2C[C@H](OCC[18F])[C@@H](CO)O2)c(=O)[nH]c1=O. The van der Waals surface area contributed by atoms with Gasteiger partial charge >= 0.3 is 5.69 Å². The predicted octanol–water partition coefficient (Wildman–Crippen LogP) is -0.520. The molecule has 1 aromatic rings. The van der Waals surface area contributed by atoms with Crippen molar-refractivity contribution in [3.05, 3.63) is 32.6 Å². The molecule has 8 heteroatoms. The van der Waals surface area contributed by atoms with Crippen LogP contribution in [0.15, 0.2) is 15.8 Å². The lowest BCUT2D eigenvalue weighted by Gasteiger charge is -2.15. The van der Waals surface area contributed by atoms with Crippen LogP contribution >= 0.6 is 0 Å². The first kappa shape index (κ1) is 14.9. The summed E-state index contributed by atoms with van der Waals surface area (Å²) in [6, 6.07) is 0. The minimum atomic E-state index is -0.653. The summed E-state index contributed by atoms with van der Waals surface area (Å²) in [5.41, 5.74) is -0.663. The van der Waals surface area contributed by atoms with Gasteiger partial charge in [-0.1, -0.05) is 0 Å². The molecule has 2 heterocycles. The third-order valence-electron chi connectivity index (χ3n) is 3.23. The van der Waals surface area contributed by atoms with Crippen molar-refractivity contribution in [3.63, 3.8) is 0 Å². The zero-order chi connectivity index (χ0) is 14.7. The van der Waals surface area contributed by atoms with E-state index in [0.717, 1.165) is 0 Å². The van der Waals surface area contributed by atoms with E-state index < -0.39 is 36.4 Å². The Morgan fingerprint density at radius 1 is 1.60 bits per heavy atom. The van der Waals surface area contributed by atoms with Gasteiger partial charge in [-0.25, -0.2) is 9.18 Å². The lowest BCUT2D eigenvalue weighted by molar-refractivity contribution is -0.0635. The van der Waals surface area contributed by atoms with Crippen molar-refractivity contribution in [1.82, 2.24) is 9.55 Å². The van der Waals surface area contributed by atoms with Crippen molar-refractivity contribution in [3.8, 4) is 0 Å². The van der Waals surface area contributed by atoms with E-state index in [4.69, 9.17) is 9.47 Å². The van der Waals surface area contributed by atoms with Crippen LogP contribution in [-0.4, -0.2) is 46.8 Å². The van der Waals surface area contributed by atoms with Crippen LogP contribution in [0.3, 0.4) is 0 Å². The van der Waals surface area contributed by atoms with Crippen molar-refractivity contribution >= 4 is 0 Å². The number of aromatic nitrogens is 2. The van der Waals surface area contributed by atoms with Crippen LogP contribution in [0.2, 0.25) is 0 Å². The van der Waals surface area contributed by atoms with Gasteiger partial charge < -0.3 is 14.6 Å². The standard InChI is InChI=1S/C12H17FN2O5/c1-7-5-15(12(18)14-11(7)17)10-4-8(19-3-2-13)9(6-16)20-10/h5,8-10,16H,2-4,6H2,1H3,(H,14,17,18)/t8-,9+,10+/m0/s1/i13-1. The molecule has 1 aliphatic heterocycles. The molecule has 0 radical (unpaired) electrons. The minimum Gasteiger partial charge on any atom is -0.394 e. The van der Waals surface area contributed by atoms with Gasteiger partial charge in [-0.05, 0) is 6.92 Å². The highest BCUT2D eigenvalue weighted by Gasteiger charge is 2.37. The van der Waals surface area contributed by atoms with Gasteiger partial charge in [0.1, 0.15) is 19.0 Å². The first-order chi connectivity index (χ1) is 9.56. The van der Waals surface area contributed by atoms with Crippen LogP contribution in [0.5, 0.6) is 0 Å². The number of halogens is 1. The molecule has 112 valence electrons. The topological polar surface area (TPSA) is 93.6 Å². The minimum absolute atomic E-state index is 0.0865. The molecule has 0 aromatic carbocycles. The van der Waals surface area contributed by atoms with Crippen LogP contribution in [0.4, 0.5) is 4.39 Å². The zero-order valence-electron chi connectivity index (χ0n) is 11.0. The summed E-state index contributed by atoms with van der Waals surface area (Å²) in [6.45, 7) is 0.572. The highest BCUT2D eigenvalue weighted by atomic mass is 18.2. The van der Waals surface area contributed by atoms with Crippen LogP contribution in [0.1, 0.15) is 18.2 Å². The zero-order valence-corrected chi connectivity index (χ0v) is 11.0. The second-order valence-electron chi connectivity index (χ2n) is 4.62. The van der Waals surface area contributed by atoms with Gasteiger partial charge in [0, 0.05) is 18.2 Å². The van der Waals surface area contributed by atoms with Crippen molar-refractivity contribution in [2.24, 2.45) is 0 Å². The van der Waals surface area contributed by atoms with Crippen molar-refractivity contribution in [2.45, 2.75) is 31.8 Å². The summed E-state index contributed by atoms with van der Waals surface area (Å²) >= 11 is 0. The molecule has 1 aromatic heterocycles. The Balaban J connectivity index is 2.20. The number of ether oxygens (including phenoxy) is 2. The lowest BCUT2D eigenvalue weighted by atomic mass is 10.2. The summed E-state index contributed by atoms with van der Waals surface area (Å²) in [5, 5.41) is 9.22. The Labute approximate surface area is 114 Å². The maximum absolute atomic E-state index is 12.1. The molecular weight excluding hydrogens is 270 g/mol. The Morgan fingerprint density at radius 3 is 3.00 bits per heavy atom. The summed E-state index contributed by atoms with van der Waals surface area (Å²) in [6.07, 6.45) is -0.0561. The average molecular weight is 287 g/mol. The van der Waals surface area contributed by atoms with E-state index in [2.05, 4.69) is 4.98 Å². The number of hydrogen-bond acceptors (Lipinski definition) is 5. The van der Waals surface area contributed by atoms with Crippen LogP contribution in [0.25, 0.3) is 0 Å². The largest absolute Gasteiger partial charge is 0.394 e. The molecule has 0 unspecified atom stereocenters. The Morgan fingerprint density at radius 2 is 2.35 bits per heavy atom. The number of aliphatic hydroxyl groups excluding tert-OH is 1. The van der Waals surface area contributed by atoms with Crippen molar-refractivity contribution < 1.29 is 19.0 Å². The molecule has 7 nitrogen and oxygen atoms in total. The van der Waals surface area contributed by atoms with E-state index in [0.29, 0.717) is 12.0 Å². The van der Waals surface area contributed by atoms with Crippen molar-refractivity contribution in [2.75, 3.05) is 19.9 Å². The van der Waals surface area contributed by atoms with Crippen LogP contribution in [0, 0.1) is 6.92 Å². The normalized spacial score (nSPS) is 26.1. The maximum Gasteiger partial charge on any atom is 0.330 e. The number of hydrogen-bond donors (Lipinski definition) is 2. The number of nitrogens with zero attached hydrogens (tertiary/aromatic N) is 1. The fourth-order valence-corrected chi connectivity index (χ4v) is 2.21. The molecule has 0 bridgehead atoms. The molecule has 1 fully saturated rings. The second-order valence-corrected chi connectivity index (χ2v) is 4.62. The van der Waals surface area contributed by atoms with Crippen LogP contribution in [-0.2, 0) is 9.47 Å².